The molecule has 82 valence electrons. The molecule has 16 heavy (non-hydrogen) atoms. The molecule has 0 radical (unpaired) electrons. The van der Waals surface area contributed by atoms with Crippen molar-refractivity contribution in [1.29, 1.82) is 0 Å². The summed E-state index contributed by atoms with van der Waals surface area (Å²) in [7, 11) is 0. The van der Waals surface area contributed by atoms with E-state index in [1.54, 1.807) is 6.08 Å². The molecule has 1 saturated heterocycles. The van der Waals surface area contributed by atoms with Crippen LogP contribution in [0.4, 0.5) is 4.79 Å². The Morgan fingerprint density at radius 3 is 2.94 bits per heavy atom. The van der Waals surface area contributed by atoms with E-state index in [9.17, 15) is 9.59 Å². The van der Waals surface area contributed by atoms with Crippen LogP contribution >= 0.6 is 11.3 Å². The van der Waals surface area contributed by atoms with E-state index in [0.717, 1.165) is 9.78 Å². The minimum Gasteiger partial charge on any atom is -0.303 e. The zero-order chi connectivity index (χ0) is 11.5. The Morgan fingerprint density at radius 1 is 1.50 bits per heavy atom. The molecule has 0 unspecified atom stereocenters. The fraction of sp³-hybridized carbons (Fsp3) is 0.0909. The van der Waals surface area contributed by atoms with E-state index in [1.165, 1.54) is 17.4 Å². The van der Waals surface area contributed by atoms with Crippen LogP contribution in [0.15, 0.2) is 35.9 Å². The summed E-state index contributed by atoms with van der Waals surface area (Å²) in [6, 6.07) is 3.38. The highest BCUT2D eigenvalue weighted by Gasteiger charge is 2.32. The van der Waals surface area contributed by atoms with Crippen molar-refractivity contribution >= 4 is 29.4 Å². The fourth-order valence-corrected chi connectivity index (χ4v) is 2.04. The first kappa shape index (κ1) is 10.6. The molecule has 2 heterocycles. The maximum Gasteiger partial charge on any atom is 0.329 e. The number of hydrogen-bond acceptors (Lipinski definition) is 3. The van der Waals surface area contributed by atoms with Crippen molar-refractivity contribution in [3.05, 3.63) is 40.7 Å². The average Bonchev–Trinajstić information content (AvgIpc) is 2.84. The minimum atomic E-state index is -0.396. The number of imide groups is 1. The Kier molecular flexibility index (Phi) is 2.87. The monoisotopic (exact) mass is 234 g/mol. The lowest BCUT2D eigenvalue weighted by Crippen LogP contribution is -2.30. The summed E-state index contributed by atoms with van der Waals surface area (Å²) in [6.45, 7) is 3.73. The van der Waals surface area contributed by atoms with Crippen LogP contribution in [-0.2, 0) is 4.79 Å². The summed E-state index contributed by atoms with van der Waals surface area (Å²) in [5.74, 6) is -0.307. The molecule has 0 aromatic carbocycles. The number of hydrogen-bond donors (Lipinski definition) is 1. The molecule has 3 amide bonds. The molecule has 1 aliphatic heterocycles. The fourth-order valence-electron chi connectivity index (χ4n) is 1.38. The van der Waals surface area contributed by atoms with Crippen LogP contribution in [0.25, 0.3) is 6.08 Å². The number of amides is 3. The lowest BCUT2D eigenvalue weighted by Gasteiger charge is -2.06. The van der Waals surface area contributed by atoms with Gasteiger partial charge in [-0.25, -0.2) is 4.79 Å². The van der Waals surface area contributed by atoms with Gasteiger partial charge in [-0.15, -0.1) is 17.9 Å². The van der Waals surface area contributed by atoms with Gasteiger partial charge in [-0.2, -0.15) is 0 Å². The van der Waals surface area contributed by atoms with Crippen LogP contribution in [0.5, 0.6) is 0 Å². The van der Waals surface area contributed by atoms with E-state index in [4.69, 9.17) is 0 Å². The molecule has 5 heteroatoms. The molecule has 0 saturated carbocycles. The standard InChI is InChI=1S/C11H10N2O2S/c1-2-5-13-10(14)9(12-11(13)15)7-8-4-3-6-16-8/h2-4,6-7H,1,5H2,(H,12,15)/b9-7+. The maximum absolute atomic E-state index is 11.8. The van der Waals surface area contributed by atoms with Gasteiger partial charge in [0.25, 0.3) is 5.91 Å². The first-order chi connectivity index (χ1) is 7.72. The molecule has 0 bridgehead atoms. The van der Waals surface area contributed by atoms with Crippen LogP contribution in [0.3, 0.4) is 0 Å². The third kappa shape index (κ3) is 1.90. The van der Waals surface area contributed by atoms with Crippen molar-refractivity contribution in [3.8, 4) is 0 Å². The topological polar surface area (TPSA) is 49.4 Å². The SMILES string of the molecule is C=CCN1C(=O)N/C(=C/c2cccs2)C1=O. The lowest BCUT2D eigenvalue weighted by atomic mass is 10.3. The lowest BCUT2D eigenvalue weighted by molar-refractivity contribution is -0.122. The number of nitrogens with one attached hydrogen (secondary N) is 1. The molecule has 0 aliphatic carbocycles. The first-order valence-electron chi connectivity index (χ1n) is 4.71. The van der Waals surface area contributed by atoms with Crippen LogP contribution in [0, 0.1) is 0 Å². The smallest absolute Gasteiger partial charge is 0.303 e. The Labute approximate surface area is 96.9 Å². The first-order valence-corrected chi connectivity index (χ1v) is 5.59. The van der Waals surface area contributed by atoms with Gasteiger partial charge in [-0.3, -0.25) is 9.69 Å². The van der Waals surface area contributed by atoms with Crippen molar-refractivity contribution in [2.75, 3.05) is 6.54 Å². The normalized spacial score (nSPS) is 18.0. The number of carbonyl (C=O) groups is 2. The second-order valence-corrected chi connectivity index (χ2v) is 4.19. The molecule has 1 aromatic heterocycles. The van der Waals surface area contributed by atoms with E-state index < -0.39 is 6.03 Å². The van der Waals surface area contributed by atoms with Gasteiger partial charge in [0.2, 0.25) is 0 Å². The van der Waals surface area contributed by atoms with Gasteiger partial charge in [0.15, 0.2) is 0 Å². The van der Waals surface area contributed by atoms with Crippen molar-refractivity contribution in [1.82, 2.24) is 10.2 Å². The van der Waals surface area contributed by atoms with E-state index in [2.05, 4.69) is 11.9 Å². The summed E-state index contributed by atoms with van der Waals surface area (Å²) in [5.41, 5.74) is 0.314. The van der Waals surface area contributed by atoms with Crippen LogP contribution in [0.2, 0.25) is 0 Å². The largest absolute Gasteiger partial charge is 0.329 e. The highest BCUT2D eigenvalue weighted by atomic mass is 32.1. The predicted molar refractivity (Wildman–Crippen MR) is 62.7 cm³/mol. The number of urea groups is 1. The highest BCUT2D eigenvalue weighted by Crippen LogP contribution is 2.16. The molecule has 1 aromatic rings. The molecular weight excluding hydrogens is 224 g/mol. The third-order valence-corrected chi connectivity index (χ3v) is 2.92. The Bertz CT molecular complexity index is 462. The zero-order valence-corrected chi connectivity index (χ0v) is 9.29. The van der Waals surface area contributed by atoms with Crippen molar-refractivity contribution < 1.29 is 9.59 Å². The third-order valence-electron chi connectivity index (χ3n) is 2.10. The maximum atomic E-state index is 11.8. The van der Waals surface area contributed by atoms with Gasteiger partial charge < -0.3 is 5.32 Å². The molecule has 1 fully saturated rings. The molecule has 1 aliphatic rings. The molecule has 1 N–H and O–H groups in total. The van der Waals surface area contributed by atoms with Crippen LogP contribution in [0.1, 0.15) is 4.88 Å². The van der Waals surface area contributed by atoms with Crippen molar-refractivity contribution in [2.24, 2.45) is 0 Å². The van der Waals surface area contributed by atoms with Gasteiger partial charge >= 0.3 is 6.03 Å². The zero-order valence-electron chi connectivity index (χ0n) is 8.47. The second-order valence-electron chi connectivity index (χ2n) is 3.21. The van der Waals surface area contributed by atoms with Crippen LogP contribution < -0.4 is 5.32 Å². The quantitative estimate of drug-likeness (QED) is 0.493. The number of carbonyl (C=O) groups excluding carboxylic acids is 2. The predicted octanol–water partition coefficient (Wildman–Crippen LogP) is 1.83. The summed E-state index contributed by atoms with van der Waals surface area (Å²) < 4.78 is 0. The van der Waals surface area contributed by atoms with Gasteiger partial charge in [0.1, 0.15) is 5.70 Å². The molecule has 2 rings (SSSR count). The number of rotatable bonds is 3. The highest BCUT2D eigenvalue weighted by molar-refractivity contribution is 7.10. The molecule has 4 nitrogen and oxygen atoms in total. The summed E-state index contributed by atoms with van der Waals surface area (Å²) in [4.78, 5) is 25.2. The Balaban J connectivity index is 2.23. The number of thiophene rings is 1. The molecule has 0 atom stereocenters. The van der Waals surface area contributed by atoms with Gasteiger partial charge in [-0.1, -0.05) is 12.1 Å². The summed E-state index contributed by atoms with van der Waals surface area (Å²) in [6.07, 6.45) is 3.19. The van der Waals surface area contributed by atoms with Crippen molar-refractivity contribution in [3.63, 3.8) is 0 Å². The Morgan fingerprint density at radius 2 is 2.31 bits per heavy atom. The summed E-state index contributed by atoms with van der Waals surface area (Å²) in [5, 5.41) is 4.45. The van der Waals surface area contributed by atoms with E-state index in [0.29, 0.717) is 5.70 Å². The van der Waals surface area contributed by atoms with Crippen molar-refractivity contribution in [2.45, 2.75) is 0 Å². The van der Waals surface area contributed by atoms with Gasteiger partial charge in [0.05, 0.1) is 0 Å². The second kappa shape index (κ2) is 4.32. The van der Waals surface area contributed by atoms with E-state index in [-0.39, 0.29) is 12.5 Å². The summed E-state index contributed by atoms with van der Waals surface area (Å²) >= 11 is 1.51. The molecule has 0 spiro atoms. The average molecular weight is 234 g/mol. The van der Waals surface area contributed by atoms with Gasteiger partial charge in [0, 0.05) is 11.4 Å². The van der Waals surface area contributed by atoms with E-state index >= 15 is 0 Å². The number of nitrogens with zero attached hydrogens (tertiary/aromatic N) is 1. The van der Waals surface area contributed by atoms with Crippen LogP contribution in [-0.4, -0.2) is 23.4 Å². The van der Waals surface area contributed by atoms with E-state index in [1.807, 2.05) is 17.5 Å². The molecular formula is C11H10N2O2S. The Hall–Kier alpha value is -1.88. The van der Waals surface area contributed by atoms with Gasteiger partial charge in [-0.05, 0) is 17.5 Å². The minimum absolute atomic E-state index is 0.229.